The third-order valence-corrected chi connectivity index (χ3v) is 4.94. The van der Waals surface area contributed by atoms with Crippen LogP contribution in [-0.4, -0.2) is 28.5 Å². The van der Waals surface area contributed by atoms with Crippen LogP contribution in [0.5, 0.6) is 0 Å². The van der Waals surface area contributed by atoms with Gasteiger partial charge in [0, 0.05) is 16.0 Å². The van der Waals surface area contributed by atoms with E-state index in [9.17, 15) is 4.79 Å². The van der Waals surface area contributed by atoms with Gasteiger partial charge in [-0.1, -0.05) is 34.9 Å². The second kappa shape index (κ2) is 7.56. The number of carbonyl (C=O) groups is 1. The van der Waals surface area contributed by atoms with Crippen LogP contribution in [0.2, 0.25) is 0 Å². The topological polar surface area (TPSA) is 78.3 Å². The molecular formula is C19H28N4O2. The normalized spacial score (nSPS) is 21.8. The average Bonchev–Trinajstić information content (AvgIpc) is 2.53. The van der Waals surface area contributed by atoms with Crippen LogP contribution in [0.3, 0.4) is 0 Å². The lowest BCUT2D eigenvalue weighted by atomic mass is 9.82. The first-order valence-corrected chi connectivity index (χ1v) is 8.74. The van der Waals surface area contributed by atoms with E-state index in [1.165, 1.54) is 0 Å². The monoisotopic (exact) mass is 344 g/mol. The quantitative estimate of drug-likeness (QED) is 0.319. The summed E-state index contributed by atoms with van der Waals surface area (Å²) in [5.41, 5.74) is 10.5. The fourth-order valence-electron chi connectivity index (χ4n) is 3.68. The zero-order valence-corrected chi connectivity index (χ0v) is 15.8. The fourth-order valence-corrected chi connectivity index (χ4v) is 3.68. The number of benzene rings is 1. The Morgan fingerprint density at radius 1 is 1.20 bits per heavy atom. The zero-order chi connectivity index (χ0) is 18.7. The molecule has 1 aliphatic rings. The molecule has 2 rings (SSSR count). The van der Waals surface area contributed by atoms with Gasteiger partial charge in [-0.3, -0.25) is 4.84 Å². The van der Waals surface area contributed by atoms with Gasteiger partial charge in [0.1, 0.15) is 6.10 Å². The standard InChI is InChI=1S/C19H28N4O2/c1-14-7-9-15(10-8-14)17(21-22-20)16(13-24)25-23-18(2,3)11-6-12-19(23,4)5/h7-10,13,16-17H,6,11-12H2,1-5H3/t16-,17+/m0/s1. The fraction of sp³-hybridized carbons (Fsp3) is 0.632. The summed E-state index contributed by atoms with van der Waals surface area (Å²) in [7, 11) is 0. The number of hydrogen-bond donors (Lipinski definition) is 0. The smallest absolute Gasteiger partial charge is 0.151 e. The number of aldehydes is 1. The minimum atomic E-state index is -0.866. The summed E-state index contributed by atoms with van der Waals surface area (Å²) >= 11 is 0. The van der Waals surface area contributed by atoms with Crippen molar-refractivity contribution >= 4 is 6.29 Å². The first kappa shape index (κ1) is 19.4. The van der Waals surface area contributed by atoms with Gasteiger partial charge in [-0.15, -0.1) is 0 Å². The largest absolute Gasteiger partial charge is 0.300 e. The molecule has 0 spiro atoms. The van der Waals surface area contributed by atoms with Crippen molar-refractivity contribution in [2.75, 3.05) is 0 Å². The Morgan fingerprint density at radius 3 is 2.24 bits per heavy atom. The molecule has 0 N–H and O–H groups in total. The van der Waals surface area contributed by atoms with E-state index in [1.54, 1.807) is 0 Å². The van der Waals surface area contributed by atoms with Gasteiger partial charge in [0.25, 0.3) is 0 Å². The molecule has 1 fully saturated rings. The molecule has 6 heteroatoms. The van der Waals surface area contributed by atoms with E-state index in [2.05, 4.69) is 37.7 Å². The van der Waals surface area contributed by atoms with Crippen molar-refractivity contribution < 1.29 is 9.63 Å². The van der Waals surface area contributed by atoms with Gasteiger partial charge in [0.05, 0.1) is 6.04 Å². The Morgan fingerprint density at radius 2 is 1.76 bits per heavy atom. The predicted molar refractivity (Wildman–Crippen MR) is 97.9 cm³/mol. The molecule has 0 radical (unpaired) electrons. The predicted octanol–water partition coefficient (Wildman–Crippen LogP) is 4.89. The minimum Gasteiger partial charge on any atom is -0.300 e. The highest BCUT2D eigenvalue weighted by Gasteiger charge is 2.44. The number of aryl methyl sites for hydroxylation is 1. The van der Waals surface area contributed by atoms with Crippen molar-refractivity contribution in [2.24, 2.45) is 5.11 Å². The molecule has 0 aliphatic carbocycles. The number of nitrogens with zero attached hydrogens (tertiary/aromatic N) is 4. The Hall–Kier alpha value is -1.88. The van der Waals surface area contributed by atoms with Crippen LogP contribution in [0.1, 0.15) is 64.1 Å². The van der Waals surface area contributed by atoms with Gasteiger partial charge in [0.2, 0.25) is 0 Å². The van der Waals surface area contributed by atoms with Gasteiger partial charge < -0.3 is 4.79 Å². The van der Waals surface area contributed by atoms with Crippen LogP contribution in [0.4, 0.5) is 0 Å². The second-order valence-corrected chi connectivity index (χ2v) is 8.04. The van der Waals surface area contributed by atoms with Crippen LogP contribution in [0.15, 0.2) is 29.4 Å². The van der Waals surface area contributed by atoms with E-state index in [1.807, 2.05) is 36.3 Å². The molecule has 6 nitrogen and oxygen atoms in total. The van der Waals surface area contributed by atoms with Crippen molar-refractivity contribution in [1.29, 1.82) is 0 Å². The van der Waals surface area contributed by atoms with Gasteiger partial charge in [-0.05, 0) is 65.0 Å². The van der Waals surface area contributed by atoms with Crippen LogP contribution < -0.4 is 0 Å². The zero-order valence-electron chi connectivity index (χ0n) is 15.8. The van der Waals surface area contributed by atoms with E-state index in [4.69, 9.17) is 10.4 Å². The van der Waals surface area contributed by atoms with Crippen molar-refractivity contribution in [3.8, 4) is 0 Å². The number of piperidine rings is 1. The van der Waals surface area contributed by atoms with Gasteiger partial charge in [-0.2, -0.15) is 5.06 Å². The Balaban J connectivity index is 2.33. The lowest BCUT2D eigenvalue weighted by molar-refractivity contribution is -0.299. The number of hydrogen-bond acceptors (Lipinski definition) is 4. The molecule has 0 aromatic heterocycles. The Labute approximate surface area is 149 Å². The summed E-state index contributed by atoms with van der Waals surface area (Å²) < 4.78 is 0. The van der Waals surface area contributed by atoms with E-state index >= 15 is 0 Å². The first-order chi connectivity index (χ1) is 11.7. The highest BCUT2D eigenvalue weighted by atomic mass is 16.7. The van der Waals surface area contributed by atoms with Gasteiger partial charge in [-0.25, -0.2) is 0 Å². The molecule has 1 aromatic rings. The molecule has 0 unspecified atom stereocenters. The number of rotatable bonds is 6. The van der Waals surface area contributed by atoms with Gasteiger partial charge >= 0.3 is 0 Å². The molecule has 25 heavy (non-hydrogen) atoms. The molecule has 136 valence electrons. The molecule has 1 aliphatic heterocycles. The molecule has 0 saturated carbocycles. The second-order valence-electron chi connectivity index (χ2n) is 8.04. The molecule has 0 amide bonds. The van der Waals surface area contributed by atoms with Crippen molar-refractivity contribution in [3.63, 3.8) is 0 Å². The van der Waals surface area contributed by atoms with Crippen molar-refractivity contribution in [1.82, 2.24) is 5.06 Å². The van der Waals surface area contributed by atoms with E-state index in [-0.39, 0.29) is 11.1 Å². The third-order valence-electron chi connectivity index (χ3n) is 4.94. The number of carbonyl (C=O) groups excluding carboxylic acids is 1. The SMILES string of the molecule is Cc1ccc([C@@H](N=[N+]=[N-])[C@H](C=O)ON2C(C)(C)CCCC2(C)C)cc1. The van der Waals surface area contributed by atoms with Crippen LogP contribution >= 0.6 is 0 Å². The van der Waals surface area contributed by atoms with Gasteiger partial charge in [0.15, 0.2) is 6.29 Å². The number of hydroxylamine groups is 2. The third kappa shape index (κ3) is 4.40. The molecule has 0 bridgehead atoms. The van der Waals surface area contributed by atoms with Crippen LogP contribution in [0, 0.1) is 6.92 Å². The maximum atomic E-state index is 11.8. The summed E-state index contributed by atoms with van der Waals surface area (Å²) in [6.07, 6.45) is 2.95. The summed E-state index contributed by atoms with van der Waals surface area (Å²) in [5, 5.41) is 5.78. The molecule has 2 atom stereocenters. The summed E-state index contributed by atoms with van der Waals surface area (Å²) in [6, 6.07) is 6.93. The Bertz CT molecular complexity index is 632. The van der Waals surface area contributed by atoms with Crippen molar-refractivity contribution in [2.45, 2.75) is 77.1 Å². The highest BCUT2D eigenvalue weighted by Crippen LogP contribution is 2.40. The molecule has 1 aromatic carbocycles. The lowest BCUT2D eigenvalue weighted by Gasteiger charge is -2.52. The van der Waals surface area contributed by atoms with Crippen molar-refractivity contribution in [3.05, 3.63) is 45.8 Å². The minimum absolute atomic E-state index is 0.197. The van der Waals surface area contributed by atoms with Crippen LogP contribution in [0.25, 0.3) is 10.4 Å². The lowest BCUT2D eigenvalue weighted by Crippen LogP contribution is -2.59. The average molecular weight is 344 g/mol. The van der Waals surface area contributed by atoms with E-state index < -0.39 is 12.1 Å². The number of azide groups is 1. The summed E-state index contributed by atoms with van der Waals surface area (Å²) in [6.45, 7) is 10.4. The van der Waals surface area contributed by atoms with Crippen LogP contribution in [-0.2, 0) is 9.63 Å². The highest BCUT2D eigenvalue weighted by molar-refractivity contribution is 5.58. The first-order valence-electron chi connectivity index (χ1n) is 8.74. The maximum Gasteiger partial charge on any atom is 0.151 e. The van der Waals surface area contributed by atoms with E-state index in [0.717, 1.165) is 36.7 Å². The molecule has 1 heterocycles. The molecular weight excluding hydrogens is 316 g/mol. The Kier molecular flexibility index (Phi) is 5.88. The maximum absolute atomic E-state index is 11.8. The summed E-state index contributed by atoms with van der Waals surface area (Å²) in [5.74, 6) is 0. The molecule has 1 saturated heterocycles. The summed E-state index contributed by atoms with van der Waals surface area (Å²) in [4.78, 5) is 20.9. The van der Waals surface area contributed by atoms with E-state index in [0.29, 0.717) is 0 Å².